The fraction of sp³-hybridized carbons (Fsp3) is 0.118. The Hall–Kier alpha value is -1.75. The van der Waals surface area contributed by atoms with Crippen molar-refractivity contribution >= 4 is 39.7 Å². The first kappa shape index (κ1) is 16.1. The molecule has 2 N–H and O–H groups in total. The van der Waals surface area contributed by atoms with Crippen LogP contribution in [-0.4, -0.2) is 4.98 Å². The average molecular weight is 365 g/mol. The molecule has 0 atom stereocenters. The zero-order valence-electron chi connectivity index (χ0n) is 12.3. The number of hydrogen-bond acceptors (Lipinski definition) is 4. The van der Waals surface area contributed by atoms with Crippen LogP contribution in [-0.2, 0) is 6.61 Å². The predicted octanol–water partition coefficient (Wildman–Crippen LogP) is 5.59. The molecular formula is C17H14Cl2N2OS. The Labute approximate surface area is 148 Å². The lowest BCUT2D eigenvalue weighted by atomic mass is 10.1. The molecule has 0 aliphatic rings. The maximum atomic E-state index is 6.14. The summed E-state index contributed by atoms with van der Waals surface area (Å²) in [6.45, 7) is 2.40. The van der Waals surface area contributed by atoms with Crippen LogP contribution < -0.4 is 10.5 Å². The highest BCUT2D eigenvalue weighted by molar-refractivity contribution is 7.15. The van der Waals surface area contributed by atoms with Crippen LogP contribution in [0, 0.1) is 6.92 Å². The van der Waals surface area contributed by atoms with E-state index in [1.807, 2.05) is 37.3 Å². The first-order valence-electron chi connectivity index (χ1n) is 6.93. The molecule has 0 spiro atoms. The van der Waals surface area contributed by atoms with Gasteiger partial charge in [-0.2, -0.15) is 0 Å². The minimum Gasteiger partial charge on any atom is -0.489 e. The van der Waals surface area contributed by atoms with Gasteiger partial charge in [-0.15, -0.1) is 11.3 Å². The third-order valence-electron chi connectivity index (χ3n) is 3.35. The zero-order chi connectivity index (χ0) is 16.4. The number of thiazole rings is 1. The molecular weight excluding hydrogens is 351 g/mol. The van der Waals surface area contributed by atoms with Crippen molar-refractivity contribution in [3.63, 3.8) is 0 Å². The highest BCUT2D eigenvalue weighted by Gasteiger charge is 2.08. The van der Waals surface area contributed by atoms with E-state index in [1.54, 1.807) is 12.1 Å². The van der Waals surface area contributed by atoms with Gasteiger partial charge in [-0.3, -0.25) is 0 Å². The van der Waals surface area contributed by atoms with E-state index >= 15 is 0 Å². The highest BCUT2D eigenvalue weighted by atomic mass is 35.5. The predicted molar refractivity (Wildman–Crippen MR) is 97.5 cm³/mol. The molecule has 3 rings (SSSR count). The van der Waals surface area contributed by atoms with Gasteiger partial charge in [0, 0.05) is 26.0 Å². The maximum Gasteiger partial charge on any atom is 0.180 e. The largest absolute Gasteiger partial charge is 0.489 e. The molecule has 0 unspecified atom stereocenters. The fourth-order valence-corrected chi connectivity index (χ4v) is 3.37. The first-order valence-corrected chi connectivity index (χ1v) is 8.50. The number of hydrogen-bond donors (Lipinski definition) is 1. The van der Waals surface area contributed by atoms with Gasteiger partial charge in [0.2, 0.25) is 0 Å². The van der Waals surface area contributed by atoms with E-state index in [0.717, 1.165) is 27.4 Å². The molecule has 1 aromatic heterocycles. The van der Waals surface area contributed by atoms with Gasteiger partial charge in [0.1, 0.15) is 12.4 Å². The third kappa shape index (κ3) is 3.78. The molecule has 118 valence electrons. The van der Waals surface area contributed by atoms with Gasteiger partial charge in [0.15, 0.2) is 5.13 Å². The fourth-order valence-electron chi connectivity index (χ4n) is 2.19. The molecule has 1 heterocycles. The smallest absolute Gasteiger partial charge is 0.180 e. The van der Waals surface area contributed by atoms with Crippen LogP contribution in [0.5, 0.6) is 5.75 Å². The molecule has 0 saturated heterocycles. The van der Waals surface area contributed by atoms with E-state index < -0.39 is 0 Å². The van der Waals surface area contributed by atoms with Gasteiger partial charge in [-0.25, -0.2) is 4.98 Å². The summed E-state index contributed by atoms with van der Waals surface area (Å²) >= 11 is 13.5. The number of nitrogen functional groups attached to an aromatic ring is 1. The first-order chi connectivity index (χ1) is 11.0. The van der Waals surface area contributed by atoms with E-state index in [2.05, 4.69) is 4.98 Å². The van der Waals surface area contributed by atoms with Crippen molar-refractivity contribution < 1.29 is 4.74 Å². The Morgan fingerprint density at radius 3 is 2.48 bits per heavy atom. The van der Waals surface area contributed by atoms with Gasteiger partial charge in [0.05, 0.1) is 5.69 Å². The van der Waals surface area contributed by atoms with Crippen LogP contribution in [0.3, 0.4) is 0 Å². The molecule has 23 heavy (non-hydrogen) atoms. The average Bonchev–Trinajstić information content (AvgIpc) is 2.86. The van der Waals surface area contributed by atoms with Crippen LogP contribution in [0.25, 0.3) is 11.3 Å². The van der Waals surface area contributed by atoms with Crippen LogP contribution in [0.15, 0.2) is 42.5 Å². The molecule has 0 radical (unpaired) electrons. The van der Waals surface area contributed by atoms with Crippen LogP contribution >= 0.6 is 34.5 Å². The van der Waals surface area contributed by atoms with Gasteiger partial charge in [-0.05, 0) is 43.3 Å². The van der Waals surface area contributed by atoms with Crippen molar-refractivity contribution in [3.8, 4) is 17.0 Å². The summed E-state index contributed by atoms with van der Waals surface area (Å²) < 4.78 is 5.77. The topological polar surface area (TPSA) is 48.1 Å². The van der Waals surface area contributed by atoms with Crippen LogP contribution in [0.1, 0.15) is 10.4 Å². The van der Waals surface area contributed by atoms with Crippen LogP contribution in [0.2, 0.25) is 10.0 Å². The number of halogens is 2. The minimum absolute atomic E-state index is 0.387. The lowest BCUT2D eigenvalue weighted by molar-refractivity contribution is 0.306. The number of benzene rings is 2. The summed E-state index contributed by atoms with van der Waals surface area (Å²) in [4.78, 5) is 5.45. The zero-order valence-corrected chi connectivity index (χ0v) is 14.7. The van der Waals surface area contributed by atoms with E-state index in [-0.39, 0.29) is 0 Å². The second kappa shape index (κ2) is 6.79. The summed E-state index contributed by atoms with van der Waals surface area (Å²) in [6.07, 6.45) is 0. The molecule has 3 aromatic rings. The van der Waals surface area contributed by atoms with Gasteiger partial charge in [0.25, 0.3) is 0 Å². The van der Waals surface area contributed by atoms with Crippen molar-refractivity contribution in [1.82, 2.24) is 4.98 Å². The van der Waals surface area contributed by atoms with Crippen LogP contribution in [0.4, 0.5) is 5.13 Å². The number of nitrogens with two attached hydrogens (primary N) is 1. The monoisotopic (exact) mass is 364 g/mol. The van der Waals surface area contributed by atoms with E-state index in [4.69, 9.17) is 33.7 Å². The molecule has 3 nitrogen and oxygen atoms in total. The molecule has 0 saturated carbocycles. The van der Waals surface area contributed by atoms with Gasteiger partial charge >= 0.3 is 0 Å². The Balaban J connectivity index is 1.71. The number of aryl methyl sites for hydroxylation is 1. The summed E-state index contributed by atoms with van der Waals surface area (Å²) in [6, 6.07) is 13.1. The second-order valence-electron chi connectivity index (χ2n) is 5.01. The Bertz CT molecular complexity index is 831. The number of nitrogens with zero attached hydrogens (tertiary/aromatic N) is 1. The summed E-state index contributed by atoms with van der Waals surface area (Å²) in [5, 5.41) is 1.79. The van der Waals surface area contributed by atoms with Crippen molar-refractivity contribution in [1.29, 1.82) is 0 Å². The summed E-state index contributed by atoms with van der Waals surface area (Å²) in [5.41, 5.74) is 8.57. The molecule has 2 aromatic carbocycles. The Morgan fingerprint density at radius 1 is 1.13 bits per heavy atom. The normalized spacial score (nSPS) is 10.7. The van der Waals surface area contributed by atoms with Gasteiger partial charge < -0.3 is 10.5 Å². The number of aromatic nitrogens is 1. The number of ether oxygens (including phenoxy) is 1. The van der Waals surface area contributed by atoms with E-state index in [0.29, 0.717) is 21.8 Å². The summed E-state index contributed by atoms with van der Waals surface area (Å²) in [5.74, 6) is 0.764. The van der Waals surface area contributed by atoms with E-state index in [1.165, 1.54) is 11.3 Å². The van der Waals surface area contributed by atoms with Crippen molar-refractivity contribution in [2.75, 3.05) is 5.73 Å². The minimum atomic E-state index is 0.387. The molecule has 0 fully saturated rings. The lowest BCUT2D eigenvalue weighted by Crippen LogP contribution is -1.96. The van der Waals surface area contributed by atoms with Gasteiger partial charge in [-0.1, -0.05) is 29.3 Å². The van der Waals surface area contributed by atoms with Crippen molar-refractivity contribution in [2.45, 2.75) is 13.5 Å². The standard InChI is InChI=1S/C17H14Cl2N2OS/c1-10-16(21-17(20)23-10)11-3-6-14(7-4-11)22-9-12-2-5-13(18)8-15(12)19/h2-8H,9H2,1H3,(H2,20,21). The van der Waals surface area contributed by atoms with E-state index in [9.17, 15) is 0 Å². The molecule has 0 aliphatic carbocycles. The maximum absolute atomic E-state index is 6.14. The Morgan fingerprint density at radius 2 is 1.87 bits per heavy atom. The highest BCUT2D eigenvalue weighted by Crippen LogP contribution is 2.30. The second-order valence-corrected chi connectivity index (χ2v) is 7.08. The quantitative estimate of drug-likeness (QED) is 0.656. The molecule has 0 aliphatic heterocycles. The molecule has 6 heteroatoms. The molecule has 0 amide bonds. The SMILES string of the molecule is Cc1sc(N)nc1-c1ccc(OCc2ccc(Cl)cc2Cl)cc1. The third-order valence-corrected chi connectivity index (χ3v) is 4.74. The Kier molecular flexibility index (Phi) is 4.76. The number of anilines is 1. The summed E-state index contributed by atoms with van der Waals surface area (Å²) in [7, 11) is 0. The number of rotatable bonds is 4. The molecule has 0 bridgehead atoms. The van der Waals surface area contributed by atoms with Crippen molar-refractivity contribution in [2.24, 2.45) is 0 Å². The lowest BCUT2D eigenvalue weighted by Gasteiger charge is -2.09. The van der Waals surface area contributed by atoms with Crippen molar-refractivity contribution in [3.05, 3.63) is 63.0 Å².